The predicted octanol–water partition coefficient (Wildman–Crippen LogP) is 2.10. The van der Waals surface area contributed by atoms with Crippen molar-refractivity contribution in [3.63, 3.8) is 0 Å². The summed E-state index contributed by atoms with van der Waals surface area (Å²) in [4.78, 5) is 7.10. The molecule has 0 unspecified atom stereocenters. The van der Waals surface area contributed by atoms with Gasteiger partial charge in [-0.1, -0.05) is 78.9 Å². The fraction of sp³-hybridized carbons (Fsp3) is 0.0638. The summed E-state index contributed by atoms with van der Waals surface area (Å²) in [5, 5.41) is 19.8. The smallest absolute Gasteiger partial charge is 0.340 e. The Morgan fingerprint density at radius 1 is 0.383 bits per heavy atom. The summed E-state index contributed by atoms with van der Waals surface area (Å²) in [5.74, 6) is 3.20. The zero-order chi connectivity index (χ0) is 39.4. The molecule has 298 valence electrons. The molecule has 0 aliphatic rings. The minimum atomic E-state index is 0. The van der Waals surface area contributed by atoms with Gasteiger partial charge in [-0.05, 0) is 139 Å². The standard InChI is InChI=1S/C47H38N8O3.2ClH/c1-56-41-27-23-34(24-28-41)33-19-21-36(22-20-33)47-49-53(40-17-11-6-12-18-40)55(51-47)43-30-26-38(32-45(43)58-3)37-25-29-42(44(31-37)57-2)54-50-46(35-13-7-4-8-14-35)48-52(54)39-15-9-5-10-16-39;;/h4-32H,1-3H3;2*1H/q+2;;/p-2. The second-order valence-electron chi connectivity index (χ2n) is 13.3. The number of benzene rings is 7. The summed E-state index contributed by atoms with van der Waals surface area (Å²) in [7, 11) is 4.98. The highest BCUT2D eigenvalue weighted by atomic mass is 35.5. The van der Waals surface area contributed by atoms with Crippen LogP contribution in [-0.4, -0.2) is 51.3 Å². The van der Waals surface area contributed by atoms with E-state index >= 15 is 0 Å². The van der Waals surface area contributed by atoms with Crippen molar-refractivity contribution in [2.75, 3.05) is 21.3 Å². The monoisotopic (exact) mass is 832 g/mol. The molecule has 7 aromatic carbocycles. The molecule has 2 heterocycles. The molecule has 0 bridgehead atoms. The lowest BCUT2D eigenvalue weighted by Gasteiger charge is -2.11. The van der Waals surface area contributed by atoms with Crippen LogP contribution in [0, 0.1) is 0 Å². The Kier molecular flexibility index (Phi) is 12.3. The van der Waals surface area contributed by atoms with Crippen molar-refractivity contribution in [3.05, 3.63) is 176 Å². The fourth-order valence-electron chi connectivity index (χ4n) is 6.80. The maximum absolute atomic E-state index is 6.04. The van der Waals surface area contributed by atoms with Crippen LogP contribution in [0.4, 0.5) is 0 Å². The summed E-state index contributed by atoms with van der Waals surface area (Å²) in [6.45, 7) is 0. The van der Waals surface area contributed by atoms with Crippen LogP contribution >= 0.6 is 0 Å². The number of ether oxygens (including phenoxy) is 3. The molecular weight excluding hydrogens is 795 g/mol. The maximum atomic E-state index is 6.04. The van der Waals surface area contributed by atoms with E-state index in [2.05, 4.69) is 12.1 Å². The topological polar surface area (TPSA) is 96.9 Å². The normalized spacial score (nSPS) is 10.7. The fourth-order valence-corrected chi connectivity index (χ4v) is 6.80. The average molecular weight is 834 g/mol. The van der Waals surface area contributed by atoms with Gasteiger partial charge in [-0.2, -0.15) is 0 Å². The minimum Gasteiger partial charge on any atom is -1.00 e. The van der Waals surface area contributed by atoms with E-state index < -0.39 is 0 Å². The van der Waals surface area contributed by atoms with E-state index in [9.17, 15) is 0 Å². The Labute approximate surface area is 359 Å². The summed E-state index contributed by atoms with van der Waals surface area (Å²) in [6, 6.07) is 58.0. The van der Waals surface area contributed by atoms with Crippen LogP contribution in [0.2, 0.25) is 0 Å². The first-order valence-corrected chi connectivity index (χ1v) is 18.7. The Bertz CT molecular complexity index is 2840. The van der Waals surface area contributed by atoms with Crippen molar-refractivity contribution in [3.8, 4) is 85.0 Å². The highest BCUT2D eigenvalue weighted by Crippen LogP contribution is 2.32. The van der Waals surface area contributed by atoms with Gasteiger partial charge in [-0.3, -0.25) is 0 Å². The van der Waals surface area contributed by atoms with E-state index in [-0.39, 0.29) is 24.8 Å². The van der Waals surface area contributed by atoms with E-state index in [1.165, 1.54) is 0 Å². The molecule has 0 spiro atoms. The zero-order valence-electron chi connectivity index (χ0n) is 32.8. The van der Waals surface area contributed by atoms with Gasteiger partial charge < -0.3 is 39.0 Å². The molecule has 0 amide bonds. The molecule has 0 saturated heterocycles. The molecule has 0 saturated carbocycles. The number of hydrogen-bond donors (Lipinski definition) is 0. The number of methoxy groups -OCH3 is 3. The lowest BCUT2D eigenvalue weighted by Crippen LogP contribution is -3.00. The summed E-state index contributed by atoms with van der Waals surface area (Å²) < 4.78 is 17.4. The highest BCUT2D eigenvalue weighted by Gasteiger charge is 2.28. The van der Waals surface area contributed by atoms with Crippen LogP contribution < -0.4 is 48.6 Å². The van der Waals surface area contributed by atoms with Crippen molar-refractivity contribution in [1.82, 2.24) is 30.0 Å². The second-order valence-corrected chi connectivity index (χ2v) is 13.3. The van der Waals surface area contributed by atoms with E-state index in [0.29, 0.717) is 28.8 Å². The number of aromatic nitrogens is 8. The molecule has 60 heavy (non-hydrogen) atoms. The van der Waals surface area contributed by atoms with Gasteiger partial charge in [-0.25, -0.2) is 0 Å². The summed E-state index contributed by atoms with van der Waals surface area (Å²) >= 11 is 0. The third-order valence-corrected chi connectivity index (χ3v) is 9.81. The van der Waals surface area contributed by atoms with Gasteiger partial charge in [-0.15, -0.1) is 0 Å². The SMILES string of the molecule is COc1ccc(-c2ccc(-c3nn(-c4ccccc4)[n+](-c4ccc(-c5ccc(-[n+]6nc(-c7ccccc7)nn6-c6ccccc6)c(OC)c5)cc4OC)n3)cc2)cc1.[Cl-].[Cl-]. The number of tetrazole rings is 2. The molecule has 13 heteroatoms. The van der Waals surface area contributed by atoms with Gasteiger partial charge in [0, 0.05) is 9.59 Å². The average Bonchev–Trinajstić information content (AvgIpc) is 3.96. The van der Waals surface area contributed by atoms with Crippen molar-refractivity contribution in [2.45, 2.75) is 0 Å². The van der Waals surface area contributed by atoms with Gasteiger partial charge in [0.1, 0.15) is 17.1 Å². The Morgan fingerprint density at radius 2 is 0.750 bits per heavy atom. The van der Waals surface area contributed by atoms with Crippen molar-refractivity contribution >= 4 is 0 Å². The molecule has 11 nitrogen and oxygen atoms in total. The second kappa shape index (κ2) is 18.1. The van der Waals surface area contributed by atoms with Crippen molar-refractivity contribution in [2.24, 2.45) is 0 Å². The van der Waals surface area contributed by atoms with Crippen LogP contribution in [-0.2, 0) is 0 Å². The van der Waals surface area contributed by atoms with E-state index in [0.717, 1.165) is 56.2 Å². The zero-order valence-corrected chi connectivity index (χ0v) is 34.3. The van der Waals surface area contributed by atoms with Gasteiger partial charge >= 0.3 is 11.6 Å². The van der Waals surface area contributed by atoms with Crippen LogP contribution in [0.3, 0.4) is 0 Å². The third-order valence-electron chi connectivity index (χ3n) is 9.81. The summed E-state index contributed by atoms with van der Waals surface area (Å²) in [6.07, 6.45) is 0. The third kappa shape index (κ3) is 8.04. The first-order chi connectivity index (χ1) is 28.6. The lowest BCUT2D eigenvalue weighted by atomic mass is 10.0. The molecule has 2 aromatic heterocycles. The Morgan fingerprint density at radius 3 is 1.17 bits per heavy atom. The number of halogens is 2. The van der Waals surface area contributed by atoms with Crippen LogP contribution in [0.25, 0.3) is 67.8 Å². The summed E-state index contributed by atoms with van der Waals surface area (Å²) in [5.41, 5.74) is 8.95. The quantitative estimate of drug-likeness (QED) is 0.185. The maximum Gasteiger partial charge on any atom is 0.340 e. The Hall–Kier alpha value is -7.34. The van der Waals surface area contributed by atoms with Gasteiger partial charge in [0.15, 0.2) is 11.5 Å². The van der Waals surface area contributed by atoms with Crippen LogP contribution in [0.15, 0.2) is 176 Å². The van der Waals surface area contributed by atoms with Gasteiger partial charge in [0.2, 0.25) is 11.4 Å². The van der Waals surface area contributed by atoms with E-state index in [4.69, 9.17) is 34.6 Å². The molecule has 0 fully saturated rings. The van der Waals surface area contributed by atoms with Crippen molar-refractivity contribution in [1.29, 1.82) is 0 Å². The molecule has 0 aliphatic heterocycles. The number of nitrogens with zero attached hydrogens (tertiary/aromatic N) is 8. The molecule has 0 aliphatic carbocycles. The van der Waals surface area contributed by atoms with E-state index in [1.54, 1.807) is 40.5 Å². The lowest BCUT2D eigenvalue weighted by molar-refractivity contribution is -0.734. The van der Waals surface area contributed by atoms with Gasteiger partial charge in [0.05, 0.1) is 42.7 Å². The molecule has 9 aromatic rings. The van der Waals surface area contributed by atoms with Crippen molar-refractivity contribution < 1.29 is 48.6 Å². The van der Waals surface area contributed by atoms with E-state index in [1.807, 2.05) is 164 Å². The predicted molar refractivity (Wildman–Crippen MR) is 221 cm³/mol. The molecular formula is C47H38Cl2N8O3. The molecule has 0 atom stereocenters. The Balaban J connectivity index is 0.00000272. The molecule has 0 radical (unpaired) electrons. The largest absolute Gasteiger partial charge is 1.00 e. The minimum absolute atomic E-state index is 0. The van der Waals surface area contributed by atoms with Crippen LogP contribution in [0.5, 0.6) is 17.2 Å². The number of para-hydroxylation sites is 2. The first kappa shape index (κ1) is 40.8. The molecule has 0 N–H and O–H groups in total. The first-order valence-electron chi connectivity index (χ1n) is 18.7. The number of rotatable bonds is 11. The van der Waals surface area contributed by atoms with Crippen LogP contribution in [0.1, 0.15) is 0 Å². The van der Waals surface area contributed by atoms with Gasteiger partial charge in [0.25, 0.3) is 0 Å². The highest BCUT2D eigenvalue weighted by molar-refractivity contribution is 5.71. The number of hydrogen-bond acceptors (Lipinski definition) is 7. The molecule has 9 rings (SSSR count).